The molecule has 1 heterocycles. The number of carbonyl (C=O) groups excluding carboxylic acids is 1. The lowest BCUT2D eigenvalue weighted by Gasteiger charge is -2.30. The first kappa shape index (κ1) is 17.4. The van der Waals surface area contributed by atoms with E-state index in [2.05, 4.69) is 0 Å². The Hall–Kier alpha value is -2.38. The average Bonchev–Trinajstić information content (AvgIpc) is 2.60. The first-order chi connectivity index (χ1) is 11.9. The standard InChI is InChI=1S/C18H20N2O4S/c1-19(2)13-18(21)20-10-11-24-17-9-8-15(12-16(17)20)25(22,23)14-6-4-3-5-7-14/h3-9,12H,10-11,13H2,1-2H3. The molecule has 0 aromatic heterocycles. The predicted octanol–water partition coefficient (Wildman–Crippen LogP) is 1.81. The van der Waals surface area contributed by atoms with Crippen molar-refractivity contribution < 1.29 is 17.9 Å². The van der Waals surface area contributed by atoms with Gasteiger partial charge in [-0.15, -0.1) is 0 Å². The van der Waals surface area contributed by atoms with Gasteiger partial charge in [-0.3, -0.25) is 4.79 Å². The van der Waals surface area contributed by atoms with Crippen LogP contribution in [0.25, 0.3) is 0 Å². The van der Waals surface area contributed by atoms with E-state index in [-0.39, 0.29) is 22.2 Å². The van der Waals surface area contributed by atoms with E-state index in [1.807, 2.05) is 14.1 Å². The van der Waals surface area contributed by atoms with Crippen LogP contribution < -0.4 is 9.64 Å². The first-order valence-electron chi connectivity index (χ1n) is 7.91. The van der Waals surface area contributed by atoms with Gasteiger partial charge in [-0.05, 0) is 44.4 Å². The second kappa shape index (κ2) is 6.85. The van der Waals surface area contributed by atoms with Crippen molar-refractivity contribution in [2.75, 3.05) is 38.7 Å². The van der Waals surface area contributed by atoms with Crippen LogP contribution in [0.3, 0.4) is 0 Å². The monoisotopic (exact) mass is 360 g/mol. The number of carbonyl (C=O) groups is 1. The molecule has 0 spiro atoms. The molecular formula is C18H20N2O4S. The van der Waals surface area contributed by atoms with Crippen LogP contribution in [-0.2, 0) is 14.6 Å². The molecule has 0 saturated carbocycles. The quantitative estimate of drug-likeness (QED) is 0.832. The minimum atomic E-state index is -3.65. The molecule has 1 aliphatic heterocycles. The van der Waals surface area contributed by atoms with E-state index in [0.29, 0.717) is 24.6 Å². The van der Waals surface area contributed by atoms with Gasteiger partial charge >= 0.3 is 0 Å². The van der Waals surface area contributed by atoms with Gasteiger partial charge in [0, 0.05) is 0 Å². The highest BCUT2D eigenvalue weighted by molar-refractivity contribution is 7.91. The zero-order valence-corrected chi connectivity index (χ0v) is 15.0. The summed E-state index contributed by atoms with van der Waals surface area (Å²) in [4.78, 5) is 16.2. The van der Waals surface area contributed by atoms with E-state index < -0.39 is 9.84 Å². The van der Waals surface area contributed by atoms with Crippen molar-refractivity contribution in [3.8, 4) is 5.75 Å². The molecule has 2 aromatic rings. The summed E-state index contributed by atoms with van der Waals surface area (Å²) in [6.07, 6.45) is 0. The maximum absolute atomic E-state index is 12.8. The molecule has 0 unspecified atom stereocenters. The van der Waals surface area contributed by atoms with Crippen LogP contribution in [0.5, 0.6) is 5.75 Å². The SMILES string of the molecule is CN(C)CC(=O)N1CCOc2ccc(S(=O)(=O)c3ccccc3)cc21. The van der Waals surface area contributed by atoms with Gasteiger partial charge in [-0.2, -0.15) is 0 Å². The molecule has 0 radical (unpaired) electrons. The molecule has 2 aromatic carbocycles. The molecule has 6 nitrogen and oxygen atoms in total. The van der Waals surface area contributed by atoms with Crippen LogP contribution in [0.15, 0.2) is 58.3 Å². The molecule has 0 bridgehead atoms. The summed E-state index contributed by atoms with van der Waals surface area (Å²) in [7, 11) is -0.0185. The fourth-order valence-corrected chi connectivity index (χ4v) is 4.02. The third-order valence-electron chi connectivity index (χ3n) is 3.91. The first-order valence-corrected chi connectivity index (χ1v) is 9.40. The molecular weight excluding hydrogens is 340 g/mol. The lowest BCUT2D eigenvalue weighted by atomic mass is 10.2. The maximum atomic E-state index is 12.8. The predicted molar refractivity (Wildman–Crippen MR) is 94.7 cm³/mol. The number of rotatable bonds is 4. The van der Waals surface area contributed by atoms with Gasteiger partial charge in [0.05, 0.1) is 28.6 Å². The summed E-state index contributed by atoms with van der Waals surface area (Å²) in [6.45, 7) is 1.03. The van der Waals surface area contributed by atoms with Crippen molar-refractivity contribution in [3.05, 3.63) is 48.5 Å². The second-order valence-electron chi connectivity index (χ2n) is 6.08. The number of amides is 1. The van der Waals surface area contributed by atoms with Gasteiger partial charge in [-0.1, -0.05) is 18.2 Å². The number of benzene rings is 2. The normalized spacial score (nSPS) is 14.1. The van der Waals surface area contributed by atoms with E-state index in [4.69, 9.17) is 4.74 Å². The molecule has 0 fully saturated rings. The molecule has 0 atom stereocenters. The van der Waals surface area contributed by atoms with Crippen LogP contribution >= 0.6 is 0 Å². The largest absolute Gasteiger partial charge is 0.490 e. The van der Waals surface area contributed by atoms with E-state index in [9.17, 15) is 13.2 Å². The van der Waals surface area contributed by atoms with Crippen LogP contribution in [0.4, 0.5) is 5.69 Å². The van der Waals surface area contributed by atoms with Gasteiger partial charge in [0.15, 0.2) is 0 Å². The maximum Gasteiger partial charge on any atom is 0.241 e. The third-order valence-corrected chi connectivity index (χ3v) is 5.68. The number of likely N-dealkylation sites (N-methyl/N-ethyl adjacent to an activating group) is 1. The molecule has 0 aliphatic carbocycles. The van der Waals surface area contributed by atoms with Crippen molar-refractivity contribution in [1.29, 1.82) is 0 Å². The lowest BCUT2D eigenvalue weighted by Crippen LogP contribution is -2.42. The van der Waals surface area contributed by atoms with Crippen molar-refractivity contribution in [3.63, 3.8) is 0 Å². The minimum absolute atomic E-state index is 0.0937. The second-order valence-corrected chi connectivity index (χ2v) is 8.03. The van der Waals surface area contributed by atoms with E-state index in [1.54, 1.807) is 46.2 Å². The van der Waals surface area contributed by atoms with Crippen molar-refractivity contribution in [1.82, 2.24) is 4.90 Å². The van der Waals surface area contributed by atoms with Gasteiger partial charge in [0.25, 0.3) is 0 Å². The zero-order valence-electron chi connectivity index (χ0n) is 14.2. The Balaban J connectivity index is 2.02. The van der Waals surface area contributed by atoms with E-state index >= 15 is 0 Å². The Labute approximate surface area is 147 Å². The number of hydrogen-bond donors (Lipinski definition) is 0. The Bertz CT molecular complexity index is 879. The summed E-state index contributed by atoms with van der Waals surface area (Å²) in [5.41, 5.74) is 0.495. The molecule has 0 N–H and O–H groups in total. The number of sulfone groups is 1. The van der Waals surface area contributed by atoms with Crippen molar-refractivity contribution >= 4 is 21.4 Å². The Morgan fingerprint density at radius 2 is 1.84 bits per heavy atom. The molecule has 132 valence electrons. The van der Waals surface area contributed by atoms with Crippen LogP contribution in [0.2, 0.25) is 0 Å². The fraction of sp³-hybridized carbons (Fsp3) is 0.278. The number of ether oxygens (including phenoxy) is 1. The lowest BCUT2D eigenvalue weighted by molar-refractivity contribution is -0.119. The van der Waals surface area contributed by atoms with Crippen LogP contribution in [-0.4, -0.2) is 53.0 Å². The van der Waals surface area contributed by atoms with Crippen molar-refractivity contribution in [2.45, 2.75) is 9.79 Å². The van der Waals surface area contributed by atoms with Gasteiger partial charge < -0.3 is 14.5 Å². The topological polar surface area (TPSA) is 66.9 Å². The highest BCUT2D eigenvalue weighted by Crippen LogP contribution is 2.35. The highest BCUT2D eigenvalue weighted by atomic mass is 32.2. The molecule has 7 heteroatoms. The zero-order chi connectivity index (χ0) is 18.0. The van der Waals surface area contributed by atoms with Gasteiger partial charge in [0.1, 0.15) is 12.4 Å². The molecule has 3 rings (SSSR count). The number of anilines is 1. The molecule has 25 heavy (non-hydrogen) atoms. The summed E-state index contributed by atoms with van der Waals surface area (Å²) in [6, 6.07) is 12.9. The summed E-state index contributed by atoms with van der Waals surface area (Å²) < 4.78 is 31.2. The fourth-order valence-electron chi connectivity index (χ4n) is 2.72. The molecule has 0 saturated heterocycles. The Morgan fingerprint density at radius 1 is 1.12 bits per heavy atom. The number of fused-ring (bicyclic) bond motifs is 1. The summed E-state index contributed by atoms with van der Waals surface area (Å²) >= 11 is 0. The van der Waals surface area contributed by atoms with Gasteiger partial charge in [-0.25, -0.2) is 8.42 Å². The molecule has 1 amide bonds. The third kappa shape index (κ3) is 3.52. The van der Waals surface area contributed by atoms with Crippen molar-refractivity contribution in [2.24, 2.45) is 0 Å². The number of hydrogen-bond acceptors (Lipinski definition) is 5. The van der Waals surface area contributed by atoms with E-state index in [0.717, 1.165) is 0 Å². The molecule has 1 aliphatic rings. The Kier molecular flexibility index (Phi) is 4.78. The smallest absolute Gasteiger partial charge is 0.241 e. The van der Waals surface area contributed by atoms with Crippen LogP contribution in [0.1, 0.15) is 0 Å². The summed E-state index contributed by atoms with van der Waals surface area (Å²) in [5.74, 6) is 0.425. The average molecular weight is 360 g/mol. The van der Waals surface area contributed by atoms with Crippen LogP contribution in [0, 0.1) is 0 Å². The highest BCUT2D eigenvalue weighted by Gasteiger charge is 2.27. The summed E-state index contributed by atoms with van der Waals surface area (Å²) in [5, 5.41) is 0. The Morgan fingerprint density at radius 3 is 2.52 bits per heavy atom. The number of nitrogens with zero attached hydrogens (tertiary/aromatic N) is 2. The van der Waals surface area contributed by atoms with Gasteiger partial charge in [0.2, 0.25) is 15.7 Å². The van der Waals surface area contributed by atoms with E-state index in [1.165, 1.54) is 12.1 Å². The minimum Gasteiger partial charge on any atom is -0.490 e.